The number of rotatable bonds is 4. The molecule has 5 aliphatic rings. The molecule has 0 aromatic rings. The summed E-state index contributed by atoms with van der Waals surface area (Å²) in [5.74, 6) is 0.227. The smallest absolute Gasteiger partial charge is 0.309 e. The van der Waals surface area contributed by atoms with Gasteiger partial charge < -0.3 is 14.4 Å². The van der Waals surface area contributed by atoms with E-state index in [9.17, 15) is 18.0 Å². The molecule has 25 heavy (non-hydrogen) atoms. The van der Waals surface area contributed by atoms with Gasteiger partial charge in [0.05, 0.1) is 23.8 Å². The molecule has 5 fully saturated rings. The predicted octanol–water partition coefficient (Wildman–Crippen LogP) is 0.524. The highest BCUT2D eigenvalue weighted by Gasteiger charge is 2.54. The largest absolute Gasteiger partial charge is 0.462 e. The van der Waals surface area contributed by atoms with Crippen LogP contribution in [0.5, 0.6) is 0 Å². The summed E-state index contributed by atoms with van der Waals surface area (Å²) in [5.41, 5.74) is -0.537. The Bertz CT molecular complexity index is 663. The lowest BCUT2D eigenvalue weighted by atomic mass is 9.65. The van der Waals surface area contributed by atoms with E-state index in [0.29, 0.717) is 38.4 Å². The summed E-state index contributed by atoms with van der Waals surface area (Å²) in [6, 6.07) is 0. The van der Waals surface area contributed by atoms with E-state index in [1.54, 1.807) is 0 Å². The first-order chi connectivity index (χ1) is 11.8. The fourth-order valence-electron chi connectivity index (χ4n) is 5.01. The van der Waals surface area contributed by atoms with Crippen molar-refractivity contribution in [3.05, 3.63) is 0 Å². The molecule has 4 unspecified atom stereocenters. The first kappa shape index (κ1) is 17.3. The van der Waals surface area contributed by atoms with Gasteiger partial charge in [0.1, 0.15) is 11.7 Å². The second kappa shape index (κ2) is 6.23. The van der Waals surface area contributed by atoms with Crippen LogP contribution in [0.15, 0.2) is 0 Å². The van der Waals surface area contributed by atoms with Gasteiger partial charge in [-0.2, -0.15) is 0 Å². The monoisotopic (exact) mass is 371 g/mol. The SMILES string of the molecule is O=C(CCN1CCS(=O)(=O)CC1)OC12CC3CC(C1)OC(=O)C(C3)C2. The molecule has 3 heterocycles. The Morgan fingerprint density at radius 2 is 1.96 bits per heavy atom. The van der Waals surface area contributed by atoms with E-state index in [1.807, 2.05) is 4.90 Å². The molecule has 4 bridgehead atoms. The van der Waals surface area contributed by atoms with Gasteiger partial charge >= 0.3 is 11.9 Å². The van der Waals surface area contributed by atoms with Crippen LogP contribution in [0.4, 0.5) is 0 Å². The Balaban J connectivity index is 1.33. The molecular weight excluding hydrogens is 346 g/mol. The number of hydrogen-bond donors (Lipinski definition) is 0. The van der Waals surface area contributed by atoms with Crippen molar-refractivity contribution in [3.63, 3.8) is 0 Å². The Kier molecular flexibility index (Phi) is 4.30. The van der Waals surface area contributed by atoms with E-state index in [4.69, 9.17) is 9.47 Å². The minimum atomic E-state index is -2.90. The quantitative estimate of drug-likeness (QED) is 0.666. The fraction of sp³-hybridized carbons (Fsp3) is 0.882. The van der Waals surface area contributed by atoms with Crippen LogP contribution >= 0.6 is 0 Å². The van der Waals surface area contributed by atoms with Crippen LogP contribution in [0.25, 0.3) is 0 Å². The van der Waals surface area contributed by atoms with Crippen molar-refractivity contribution in [2.75, 3.05) is 31.1 Å². The summed E-state index contributed by atoms with van der Waals surface area (Å²) in [6.07, 6.45) is 3.95. The molecule has 2 aliphatic carbocycles. The number of fused-ring (bicyclic) bond motifs is 1. The van der Waals surface area contributed by atoms with E-state index in [2.05, 4.69) is 0 Å². The maximum absolute atomic E-state index is 12.4. The van der Waals surface area contributed by atoms with Crippen molar-refractivity contribution in [2.45, 2.75) is 50.2 Å². The third kappa shape index (κ3) is 3.69. The highest BCUT2D eigenvalue weighted by Crippen LogP contribution is 2.51. The average molecular weight is 371 g/mol. The molecule has 2 saturated carbocycles. The molecule has 5 rings (SSSR count). The van der Waals surface area contributed by atoms with Crippen LogP contribution in [0.3, 0.4) is 0 Å². The van der Waals surface area contributed by atoms with Crippen molar-refractivity contribution in [2.24, 2.45) is 11.8 Å². The number of sulfone groups is 1. The molecule has 3 saturated heterocycles. The summed E-state index contributed by atoms with van der Waals surface area (Å²) >= 11 is 0. The average Bonchev–Trinajstić information content (AvgIpc) is 2.67. The Morgan fingerprint density at radius 3 is 2.72 bits per heavy atom. The number of carbonyl (C=O) groups excluding carboxylic acids is 2. The minimum absolute atomic E-state index is 0.112. The van der Waals surface area contributed by atoms with Gasteiger partial charge in [0.2, 0.25) is 0 Å². The van der Waals surface area contributed by atoms with Gasteiger partial charge in [-0.3, -0.25) is 9.59 Å². The lowest BCUT2D eigenvalue weighted by Gasteiger charge is -2.45. The molecule has 0 N–H and O–H groups in total. The molecule has 140 valence electrons. The minimum Gasteiger partial charge on any atom is -0.462 e. The second-order valence-electron chi connectivity index (χ2n) is 8.11. The molecule has 8 heteroatoms. The second-order valence-corrected chi connectivity index (χ2v) is 10.4. The molecule has 0 radical (unpaired) electrons. The number of ether oxygens (including phenoxy) is 2. The van der Waals surface area contributed by atoms with Gasteiger partial charge in [0, 0.05) is 32.5 Å². The fourth-order valence-corrected chi connectivity index (χ4v) is 6.29. The van der Waals surface area contributed by atoms with Crippen LogP contribution < -0.4 is 0 Å². The van der Waals surface area contributed by atoms with Crippen molar-refractivity contribution in [3.8, 4) is 0 Å². The van der Waals surface area contributed by atoms with Crippen molar-refractivity contribution in [1.29, 1.82) is 0 Å². The summed E-state index contributed by atoms with van der Waals surface area (Å²) in [5, 5.41) is 0. The van der Waals surface area contributed by atoms with Crippen LogP contribution in [-0.2, 0) is 28.9 Å². The van der Waals surface area contributed by atoms with Crippen LogP contribution in [-0.4, -0.2) is 68.1 Å². The van der Waals surface area contributed by atoms with Crippen molar-refractivity contribution >= 4 is 21.8 Å². The third-order valence-corrected chi connectivity index (χ3v) is 7.72. The maximum Gasteiger partial charge on any atom is 0.309 e. The predicted molar refractivity (Wildman–Crippen MR) is 88.5 cm³/mol. The molecule has 4 atom stereocenters. The summed E-state index contributed by atoms with van der Waals surface area (Å²) in [4.78, 5) is 26.5. The maximum atomic E-state index is 12.4. The zero-order chi connectivity index (χ0) is 17.7. The Hall–Kier alpha value is -1.15. The normalized spacial score (nSPS) is 39.7. The van der Waals surface area contributed by atoms with Gasteiger partial charge in [-0.15, -0.1) is 0 Å². The summed E-state index contributed by atoms with van der Waals surface area (Å²) < 4.78 is 34.3. The van der Waals surface area contributed by atoms with Crippen molar-refractivity contribution < 1.29 is 27.5 Å². The molecule has 0 aromatic carbocycles. The number of nitrogens with zero attached hydrogens (tertiary/aromatic N) is 1. The lowest BCUT2D eigenvalue weighted by Crippen LogP contribution is -2.48. The van der Waals surface area contributed by atoms with E-state index in [0.717, 1.165) is 19.3 Å². The third-order valence-electron chi connectivity index (χ3n) is 6.11. The standard InChI is InChI=1S/C17H25NO6S/c19-15(1-2-18-3-5-25(21,22)6-4-18)24-17-9-12-7-13(10-17)16(20)23-14(8-12)11-17/h12-14H,1-11H2. The van der Waals surface area contributed by atoms with Crippen molar-refractivity contribution in [1.82, 2.24) is 4.90 Å². The van der Waals surface area contributed by atoms with Gasteiger partial charge in [0.15, 0.2) is 9.84 Å². The lowest BCUT2D eigenvalue weighted by molar-refractivity contribution is -0.174. The van der Waals surface area contributed by atoms with E-state index in [-0.39, 0.29) is 41.9 Å². The van der Waals surface area contributed by atoms with E-state index < -0.39 is 15.4 Å². The van der Waals surface area contributed by atoms with E-state index in [1.165, 1.54) is 0 Å². The van der Waals surface area contributed by atoms with Crippen LogP contribution in [0, 0.1) is 11.8 Å². The number of carbonyl (C=O) groups is 2. The molecule has 0 aromatic heterocycles. The molecule has 3 aliphatic heterocycles. The molecule has 0 spiro atoms. The van der Waals surface area contributed by atoms with Crippen LogP contribution in [0.1, 0.15) is 38.5 Å². The van der Waals surface area contributed by atoms with Gasteiger partial charge in [-0.1, -0.05) is 0 Å². The zero-order valence-electron chi connectivity index (χ0n) is 14.3. The Morgan fingerprint density at radius 1 is 1.20 bits per heavy atom. The number of esters is 2. The highest BCUT2D eigenvalue weighted by atomic mass is 32.2. The van der Waals surface area contributed by atoms with E-state index >= 15 is 0 Å². The van der Waals surface area contributed by atoms with Gasteiger partial charge in [-0.05, 0) is 25.2 Å². The van der Waals surface area contributed by atoms with Gasteiger partial charge in [0.25, 0.3) is 0 Å². The first-order valence-electron chi connectivity index (χ1n) is 9.18. The highest BCUT2D eigenvalue weighted by molar-refractivity contribution is 7.91. The van der Waals surface area contributed by atoms with Gasteiger partial charge in [-0.25, -0.2) is 8.42 Å². The summed E-state index contributed by atoms with van der Waals surface area (Å²) in [7, 11) is -2.90. The molecular formula is C17H25NO6S. The molecule has 0 amide bonds. The van der Waals surface area contributed by atoms with Crippen LogP contribution in [0.2, 0.25) is 0 Å². The number of hydrogen-bond acceptors (Lipinski definition) is 7. The first-order valence-corrected chi connectivity index (χ1v) is 11.0. The Labute approximate surface area is 147 Å². The zero-order valence-corrected chi connectivity index (χ0v) is 15.1. The topological polar surface area (TPSA) is 90.0 Å². The molecule has 7 nitrogen and oxygen atoms in total. The summed E-state index contributed by atoms with van der Waals surface area (Å²) in [6.45, 7) is 1.49.